The summed E-state index contributed by atoms with van der Waals surface area (Å²) >= 11 is 1.76. The van der Waals surface area contributed by atoms with Gasteiger partial charge in [0.15, 0.2) is 11.5 Å². The summed E-state index contributed by atoms with van der Waals surface area (Å²) in [4.78, 5) is 20.1. The molecule has 5 heterocycles. The van der Waals surface area contributed by atoms with Gasteiger partial charge < -0.3 is 4.98 Å². The van der Waals surface area contributed by atoms with Crippen LogP contribution in [-0.4, -0.2) is 30.1 Å². The summed E-state index contributed by atoms with van der Waals surface area (Å²) in [7, 11) is 0. The van der Waals surface area contributed by atoms with E-state index in [4.69, 9.17) is 9.97 Å². The van der Waals surface area contributed by atoms with Crippen LogP contribution in [-0.2, 0) is 0 Å². The quantitative estimate of drug-likeness (QED) is 0.302. The zero-order chi connectivity index (χ0) is 22.9. The van der Waals surface area contributed by atoms with E-state index in [-0.39, 0.29) is 0 Å². The predicted molar refractivity (Wildman–Crippen MR) is 135 cm³/mol. The number of nitrogens with one attached hydrogen (secondary N) is 2. The first-order valence-corrected chi connectivity index (χ1v) is 11.6. The molecule has 0 fully saturated rings. The van der Waals surface area contributed by atoms with Crippen molar-refractivity contribution >= 4 is 27.9 Å². The molecule has 5 aromatic rings. The van der Waals surface area contributed by atoms with E-state index in [2.05, 4.69) is 52.2 Å². The molecule has 164 valence electrons. The van der Waals surface area contributed by atoms with Gasteiger partial charge >= 0.3 is 0 Å². The van der Waals surface area contributed by atoms with Gasteiger partial charge in [-0.3, -0.25) is 10.1 Å². The fraction of sp³-hybridized carbons (Fsp3) is 0.154. The second-order valence-corrected chi connectivity index (χ2v) is 9.22. The van der Waals surface area contributed by atoms with E-state index >= 15 is 0 Å². The zero-order valence-electron chi connectivity index (χ0n) is 19.0. The number of allylic oxidation sites excluding steroid dienone is 3. The first-order chi connectivity index (χ1) is 16.0. The molecule has 0 unspecified atom stereocenters. The minimum Gasteiger partial charge on any atom is -0.340 e. The molecule has 0 atom stereocenters. The Morgan fingerprint density at radius 2 is 1.91 bits per heavy atom. The summed E-state index contributed by atoms with van der Waals surface area (Å²) < 4.78 is 0. The van der Waals surface area contributed by atoms with Crippen molar-refractivity contribution in [2.24, 2.45) is 0 Å². The lowest BCUT2D eigenvalue weighted by Gasteiger charge is -2.04. The molecule has 0 amide bonds. The smallest absolute Gasteiger partial charge is 0.161 e. The lowest BCUT2D eigenvalue weighted by Crippen LogP contribution is -1.90. The van der Waals surface area contributed by atoms with Crippen LogP contribution >= 0.6 is 11.3 Å². The molecule has 0 aliphatic carbocycles. The number of aryl methyl sites for hydroxylation is 3. The van der Waals surface area contributed by atoms with Gasteiger partial charge in [-0.15, -0.1) is 11.3 Å². The molecule has 0 aliphatic rings. The Bertz CT molecular complexity index is 1510. The van der Waals surface area contributed by atoms with Crippen molar-refractivity contribution in [1.82, 2.24) is 30.1 Å². The maximum atomic E-state index is 4.98. The van der Waals surface area contributed by atoms with Gasteiger partial charge in [-0.1, -0.05) is 18.2 Å². The number of aromatic nitrogens is 6. The van der Waals surface area contributed by atoms with Crippen molar-refractivity contribution in [3.05, 3.63) is 87.7 Å². The van der Waals surface area contributed by atoms with Gasteiger partial charge in [0.2, 0.25) is 0 Å². The monoisotopic (exact) mass is 452 g/mol. The van der Waals surface area contributed by atoms with E-state index in [1.165, 1.54) is 9.75 Å². The van der Waals surface area contributed by atoms with Gasteiger partial charge in [0.25, 0.3) is 0 Å². The van der Waals surface area contributed by atoms with E-state index in [0.29, 0.717) is 11.5 Å². The van der Waals surface area contributed by atoms with Gasteiger partial charge in [0, 0.05) is 39.0 Å². The number of hydrogen-bond acceptors (Lipinski definition) is 5. The van der Waals surface area contributed by atoms with E-state index in [1.54, 1.807) is 17.5 Å². The van der Waals surface area contributed by atoms with E-state index in [1.807, 2.05) is 50.4 Å². The summed E-state index contributed by atoms with van der Waals surface area (Å²) in [5.41, 5.74) is 8.34. The van der Waals surface area contributed by atoms with Crippen LogP contribution in [0, 0.1) is 20.8 Å². The molecule has 33 heavy (non-hydrogen) atoms. The maximum absolute atomic E-state index is 4.98. The fourth-order valence-electron chi connectivity index (χ4n) is 3.83. The number of imidazole rings is 1. The molecule has 0 aliphatic heterocycles. The number of pyridine rings is 2. The molecular formula is C26H24N6S. The summed E-state index contributed by atoms with van der Waals surface area (Å²) in [6.45, 7) is 8.24. The molecule has 2 N–H and O–H groups in total. The van der Waals surface area contributed by atoms with Crippen LogP contribution in [0.1, 0.15) is 33.6 Å². The number of nitrogens with zero attached hydrogens (tertiary/aromatic N) is 4. The molecule has 0 radical (unpaired) electrons. The predicted octanol–water partition coefficient (Wildman–Crippen LogP) is 6.40. The number of H-pyrrole nitrogens is 2. The minimum atomic E-state index is 0.695. The Kier molecular flexibility index (Phi) is 5.48. The van der Waals surface area contributed by atoms with Crippen molar-refractivity contribution < 1.29 is 0 Å². The molecule has 0 aromatic carbocycles. The second-order valence-electron chi connectivity index (χ2n) is 7.93. The number of hydrogen-bond donors (Lipinski definition) is 2. The summed E-state index contributed by atoms with van der Waals surface area (Å²) in [5.74, 6) is 0.695. The molecule has 6 nitrogen and oxygen atoms in total. The van der Waals surface area contributed by atoms with Crippen LogP contribution in [0.5, 0.6) is 0 Å². The highest BCUT2D eigenvalue weighted by atomic mass is 32.1. The van der Waals surface area contributed by atoms with Crippen molar-refractivity contribution in [3.63, 3.8) is 0 Å². The van der Waals surface area contributed by atoms with Gasteiger partial charge in [-0.2, -0.15) is 5.10 Å². The van der Waals surface area contributed by atoms with Gasteiger partial charge in [-0.25, -0.2) is 9.97 Å². The molecule has 0 bridgehead atoms. The van der Waals surface area contributed by atoms with Gasteiger partial charge in [-0.05, 0) is 63.6 Å². The van der Waals surface area contributed by atoms with E-state index in [9.17, 15) is 0 Å². The number of thiophene rings is 1. The number of aromatic amines is 2. The topological polar surface area (TPSA) is 83.1 Å². The Morgan fingerprint density at radius 3 is 2.67 bits per heavy atom. The molecule has 0 spiro atoms. The van der Waals surface area contributed by atoms with Crippen molar-refractivity contribution in [2.45, 2.75) is 27.7 Å². The molecule has 5 aromatic heterocycles. The Balaban J connectivity index is 1.62. The Labute approximate surface area is 196 Å². The lowest BCUT2D eigenvalue weighted by atomic mass is 10.1. The van der Waals surface area contributed by atoms with Gasteiger partial charge in [0.1, 0.15) is 5.52 Å². The average Bonchev–Trinajstić information content (AvgIpc) is 3.53. The van der Waals surface area contributed by atoms with E-state index in [0.717, 1.165) is 44.8 Å². The van der Waals surface area contributed by atoms with Crippen LogP contribution in [0.15, 0.2) is 61.0 Å². The van der Waals surface area contributed by atoms with Crippen molar-refractivity contribution in [3.8, 4) is 22.8 Å². The van der Waals surface area contributed by atoms with Crippen molar-refractivity contribution in [1.29, 1.82) is 0 Å². The van der Waals surface area contributed by atoms with E-state index < -0.39 is 0 Å². The first kappa shape index (κ1) is 21.0. The van der Waals surface area contributed by atoms with Crippen LogP contribution in [0.4, 0.5) is 0 Å². The highest BCUT2D eigenvalue weighted by molar-refractivity contribution is 7.13. The lowest BCUT2D eigenvalue weighted by molar-refractivity contribution is 1.10. The molecule has 7 heteroatoms. The normalized spacial score (nSPS) is 12.3. The van der Waals surface area contributed by atoms with Gasteiger partial charge in [0.05, 0.1) is 16.9 Å². The highest BCUT2D eigenvalue weighted by Gasteiger charge is 2.19. The molecule has 0 saturated heterocycles. The third kappa shape index (κ3) is 3.91. The van der Waals surface area contributed by atoms with Crippen LogP contribution in [0.25, 0.3) is 39.4 Å². The number of fused-ring (bicyclic) bond motifs is 1. The van der Waals surface area contributed by atoms with Crippen LogP contribution in [0.2, 0.25) is 0 Å². The second kappa shape index (κ2) is 8.60. The van der Waals surface area contributed by atoms with Crippen LogP contribution in [0.3, 0.4) is 0 Å². The zero-order valence-corrected chi connectivity index (χ0v) is 19.8. The standard InChI is InChI=1S/C26H24N6S/c1-5-6-7-18(22-11-8-16(3)33-22)23-17(4)28-26(30-23)25-24-21(31-32-25)10-9-20(29-24)19-14-27-13-12-15(19)2/h5-14H,1-4H3,(H,28,30)(H,31,32)/b6-5-,18-7-. The Morgan fingerprint density at radius 1 is 1.03 bits per heavy atom. The molecule has 0 saturated carbocycles. The fourth-order valence-corrected chi connectivity index (χ4v) is 4.72. The number of rotatable bonds is 5. The summed E-state index contributed by atoms with van der Waals surface area (Å²) in [5, 5.41) is 7.64. The molecular weight excluding hydrogens is 428 g/mol. The van der Waals surface area contributed by atoms with Crippen molar-refractivity contribution in [2.75, 3.05) is 0 Å². The first-order valence-electron chi connectivity index (χ1n) is 10.8. The summed E-state index contributed by atoms with van der Waals surface area (Å²) in [6, 6.07) is 10.3. The maximum Gasteiger partial charge on any atom is 0.161 e. The SMILES string of the molecule is C/C=C\C=C(\c1ccc(C)s1)c1nc(-c2n[nH]c3ccc(-c4cnccc4C)nc23)[nH]c1C. The average molecular weight is 453 g/mol. The molecule has 5 rings (SSSR count). The third-order valence-electron chi connectivity index (χ3n) is 5.55. The largest absolute Gasteiger partial charge is 0.340 e. The third-order valence-corrected chi connectivity index (χ3v) is 6.58. The summed E-state index contributed by atoms with van der Waals surface area (Å²) in [6.07, 6.45) is 9.83. The minimum absolute atomic E-state index is 0.695. The highest BCUT2D eigenvalue weighted by Crippen LogP contribution is 2.33. The Hall–Kier alpha value is -3.84. The van der Waals surface area contributed by atoms with Crippen LogP contribution < -0.4 is 0 Å².